The second-order valence-electron chi connectivity index (χ2n) is 12.3. The molecule has 0 unspecified atom stereocenters. The van der Waals surface area contributed by atoms with E-state index < -0.39 is 24.3 Å². The van der Waals surface area contributed by atoms with E-state index in [2.05, 4.69) is 13.8 Å². The Balaban J connectivity index is 0. The summed E-state index contributed by atoms with van der Waals surface area (Å²) < 4.78 is 0. The summed E-state index contributed by atoms with van der Waals surface area (Å²) in [7, 11) is 0. The Labute approximate surface area is 266 Å². The molecule has 0 radical (unpaired) electrons. The van der Waals surface area contributed by atoms with Crippen molar-refractivity contribution in [1.82, 2.24) is 0 Å². The summed E-state index contributed by atoms with van der Waals surface area (Å²) in [5, 5.41) is 46.3. The van der Waals surface area contributed by atoms with Crippen molar-refractivity contribution in [3.63, 3.8) is 0 Å². The molecule has 7 nitrogen and oxygen atoms in total. The van der Waals surface area contributed by atoms with Crippen LogP contribution in [0.3, 0.4) is 0 Å². The molecule has 0 aliphatic heterocycles. The van der Waals surface area contributed by atoms with Crippen LogP contribution in [0.2, 0.25) is 0 Å². The van der Waals surface area contributed by atoms with Crippen molar-refractivity contribution >= 4 is 0 Å². The van der Waals surface area contributed by atoms with Gasteiger partial charge in [0.1, 0.15) is 11.9 Å². The van der Waals surface area contributed by atoms with Crippen LogP contribution in [-0.4, -0.2) is 63.0 Å². The normalized spacial score (nSPS) is 14.8. The molecular weight excluding hydrogens is 540 g/mol. The standard InChI is InChI=1S/C18H37NO3.C18H37NO2/c1-2-3-4-5-6-7-8-9-10-11-12-13-14-17(21)18(22)16(19)15-20;1-2-3-4-5-6-7-8-9-10-11-12-13-14-15-18(21)17(19)16-20/h14,16,18,20-22H,2-13,15,19H2,1H3;14-15,17-18,20-21H,2-13,16,19H2,1H3/b17-14-;15-14+/t16-,18-;17-,18+/m00/s1. The molecule has 0 rings (SSSR count). The molecule has 0 aromatic rings. The molecule has 0 heterocycles. The second kappa shape index (κ2) is 35.5. The van der Waals surface area contributed by atoms with Gasteiger partial charge in [0.25, 0.3) is 0 Å². The Hall–Kier alpha value is -0.960. The van der Waals surface area contributed by atoms with Gasteiger partial charge in [-0.3, -0.25) is 0 Å². The molecule has 4 atom stereocenters. The maximum Gasteiger partial charge on any atom is 0.128 e. The first-order valence-corrected chi connectivity index (χ1v) is 18.0. The van der Waals surface area contributed by atoms with E-state index in [4.69, 9.17) is 21.7 Å². The third-order valence-electron chi connectivity index (χ3n) is 8.04. The molecule has 0 fully saturated rings. The number of allylic oxidation sites excluding steroid dienone is 2. The Morgan fingerprint density at radius 1 is 0.535 bits per heavy atom. The zero-order valence-corrected chi connectivity index (χ0v) is 28.3. The zero-order chi connectivity index (χ0) is 32.4. The van der Waals surface area contributed by atoms with Gasteiger partial charge < -0.3 is 37.0 Å². The van der Waals surface area contributed by atoms with Crippen LogP contribution in [0.25, 0.3) is 0 Å². The van der Waals surface area contributed by atoms with Crippen LogP contribution in [0, 0.1) is 0 Å². The average molecular weight is 615 g/mol. The van der Waals surface area contributed by atoms with E-state index in [-0.39, 0.29) is 19.0 Å². The minimum Gasteiger partial charge on any atom is -0.510 e. The lowest BCUT2D eigenvalue weighted by Crippen LogP contribution is -2.39. The van der Waals surface area contributed by atoms with Gasteiger partial charge in [0.15, 0.2) is 0 Å². The van der Waals surface area contributed by atoms with Crippen molar-refractivity contribution in [2.45, 2.75) is 192 Å². The first kappa shape index (κ1) is 44.2. The summed E-state index contributed by atoms with van der Waals surface area (Å²) >= 11 is 0. The number of unbranched alkanes of at least 4 members (excludes halogenated alkanes) is 22. The minimum atomic E-state index is -1.15. The molecule has 7 heteroatoms. The highest BCUT2D eigenvalue weighted by molar-refractivity contribution is 5.01. The van der Waals surface area contributed by atoms with Crippen LogP contribution < -0.4 is 11.5 Å². The van der Waals surface area contributed by atoms with Crippen LogP contribution in [-0.2, 0) is 0 Å². The summed E-state index contributed by atoms with van der Waals surface area (Å²) in [4.78, 5) is 0. The molecule has 0 bridgehead atoms. The smallest absolute Gasteiger partial charge is 0.128 e. The van der Waals surface area contributed by atoms with Gasteiger partial charge >= 0.3 is 0 Å². The molecule has 0 aromatic carbocycles. The number of rotatable bonds is 30. The molecule has 258 valence electrons. The van der Waals surface area contributed by atoms with Gasteiger partial charge in [0.05, 0.1) is 31.4 Å². The predicted octanol–water partition coefficient (Wildman–Crippen LogP) is 7.73. The maximum atomic E-state index is 9.60. The van der Waals surface area contributed by atoms with E-state index in [1.165, 1.54) is 128 Å². The van der Waals surface area contributed by atoms with Gasteiger partial charge in [-0.2, -0.15) is 0 Å². The van der Waals surface area contributed by atoms with Gasteiger partial charge in [-0.1, -0.05) is 154 Å². The number of hydrogen-bond donors (Lipinski definition) is 7. The SMILES string of the molecule is CCCCCCCCCCCCC/C=C(\O)[C@@H](O)[C@@H](N)CO.CCCCCCCCCCCCC/C=C/[C@@H](O)[C@@H](N)CO. The largest absolute Gasteiger partial charge is 0.510 e. The van der Waals surface area contributed by atoms with Crippen LogP contribution in [0.4, 0.5) is 0 Å². The minimum absolute atomic E-state index is 0.117. The fraction of sp³-hybridized carbons (Fsp3) is 0.889. The highest BCUT2D eigenvalue weighted by Crippen LogP contribution is 2.14. The van der Waals surface area contributed by atoms with Crippen molar-refractivity contribution in [2.75, 3.05) is 13.2 Å². The Morgan fingerprint density at radius 2 is 0.884 bits per heavy atom. The number of aliphatic hydroxyl groups excluding tert-OH is 5. The van der Waals surface area contributed by atoms with E-state index in [0.717, 1.165) is 25.7 Å². The van der Waals surface area contributed by atoms with E-state index in [9.17, 15) is 15.3 Å². The van der Waals surface area contributed by atoms with Crippen molar-refractivity contribution in [3.8, 4) is 0 Å². The summed E-state index contributed by atoms with van der Waals surface area (Å²) in [5.74, 6) is -0.117. The van der Waals surface area contributed by atoms with E-state index in [1.54, 1.807) is 12.2 Å². The van der Waals surface area contributed by atoms with Gasteiger partial charge in [-0.25, -0.2) is 0 Å². The topological polar surface area (TPSA) is 153 Å². The van der Waals surface area contributed by atoms with E-state index in [0.29, 0.717) is 0 Å². The summed E-state index contributed by atoms with van der Waals surface area (Å²) in [5.41, 5.74) is 11.0. The first-order chi connectivity index (χ1) is 20.8. The molecule has 0 saturated heterocycles. The van der Waals surface area contributed by atoms with Crippen LogP contribution in [0.15, 0.2) is 24.0 Å². The third-order valence-corrected chi connectivity index (χ3v) is 8.04. The van der Waals surface area contributed by atoms with Gasteiger partial charge in [0.2, 0.25) is 0 Å². The summed E-state index contributed by atoms with van der Waals surface area (Å²) in [6, 6.07) is -1.37. The molecular formula is C36H74N2O5. The fourth-order valence-corrected chi connectivity index (χ4v) is 4.91. The maximum absolute atomic E-state index is 9.60. The van der Waals surface area contributed by atoms with E-state index >= 15 is 0 Å². The van der Waals surface area contributed by atoms with Crippen molar-refractivity contribution in [2.24, 2.45) is 11.5 Å². The van der Waals surface area contributed by atoms with Gasteiger partial charge in [-0.05, 0) is 31.8 Å². The van der Waals surface area contributed by atoms with Crippen LogP contribution >= 0.6 is 0 Å². The van der Waals surface area contributed by atoms with Gasteiger partial charge in [-0.15, -0.1) is 0 Å². The zero-order valence-electron chi connectivity index (χ0n) is 28.3. The highest BCUT2D eigenvalue weighted by atomic mass is 16.3. The molecule has 0 aliphatic rings. The summed E-state index contributed by atoms with van der Waals surface area (Å²) in [6.07, 6.45) is 34.2. The lowest BCUT2D eigenvalue weighted by molar-refractivity contribution is 0.0983. The lowest BCUT2D eigenvalue weighted by atomic mass is 10.0. The molecule has 43 heavy (non-hydrogen) atoms. The molecule has 0 aromatic heterocycles. The number of hydrogen-bond acceptors (Lipinski definition) is 7. The lowest BCUT2D eigenvalue weighted by Gasteiger charge is -2.15. The molecule has 0 aliphatic carbocycles. The summed E-state index contributed by atoms with van der Waals surface area (Å²) in [6.45, 7) is 4.00. The average Bonchev–Trinajstić information content (AvgIpc) is 3.02. The number of nitrogens with two attached hydrogens (primary N) is 2. The highest BCUT2D eigenvalue weighted by Gasteiger charge is 2.17. The number of aliphatic hydroxyl groups is 5. The predicted molar refractivity (Wildman–Crippen MR) is 184 cm³/mol. The van der Waals surface area contributed by atoms with Gasteiger partial charge in [0, 0.05) is 0 Å². The Bertz CT molecular complexity index is 602. The monoisotopic (exact) mass is 615 g/mol. The Morgan fingerprint density at radius 3 is 1.26 bits per heavy atom. The second-order valence-corrected chi connectivity index (χ2v) is 12.3. The Kier molecular flexibility index (Phi) is 36.5. The fourth-order valence-electron chi connectivity index (χ4n) is 4.91. The van der Waals surface area contributed by atoms with Crippen molar-refractivity contribution in [1.29, 1.82) is 0 Å². The van der Waals surface area contributed by atoms with Crippen LogP contribution in [0.1, 0.15) is 168 Å². The van der Waals surface area contributed by atoms with Crippen molar-refractivity contribution < 1.29 is 25.5 Å². The molecule has 9 N–H and O–H groups in total. The molecule has 0 saturated carbocycles. The first-order valence-electron chi connectivity index (χ1n) is 18.0. The molecule has 0 spiro atoms. The third kappa shape index (κ3) is 32.3. The quantitative estimate of drug-likeness (QED) is 0.0248. The van der Waals surface area contributed by atoms with Crippen molar-refractivity contribution in [3.05, 3.63) is 24.0 Å². The van der Waals surface area contributed by atoms with E-state index in [1.807, 2.05) is 6.08 Å². The molecule has 0 amide bonds. The van der Waals surface area contributed by atoms with Crippen LogP contribution in [0.5, 0.6) is 0 Å².